The Morgan fingerprint density at radius 3 is 2.32 bits per heavy atom. The maximum Gasteiger partial charge on any atom is 0.261 e. The number of benzene rings is 2. The number of anilines is 1. The maximum atomic E-state index is 12.4. The van der Waals surface area contributed by atoms with E-state index in [-0.39, 0.29) is 49.1 Å². The number of amides is 4. The van der Waals surface area contributed by atoms with Gasteiger partial charge in [0.15, 0.2) is 0 Å². The summed E-state index contributed by atoms with van der Waals surface area (Å²) >= 11 is 0. The summed E-state index contributed by atoms with van der Waals surface area (Å²) in [5.41, 5.74) is 3.94. The van der Waals surface area contributed by atoms with Crippen LogP contribution >= 0.6 is 0 Å². The van der Waals surface area contributed by atoms with E-state index in [0.29, 0.717) is 24.1 Å². The van der Waals surface area contributed by atoms with E-state index in [4.69, 9.17) is 0 Å². The van der Waals surface area contributed by atoms with Crippen molar-refractivity contribution in [2.45, 2.75) is 39.2 Å². The minimum atomic E-state index is -0.313. The monoisotopic (exact) mass is 419 g/mol. The number of hydrogen-bond acceptors (Lipinski definition) is 4. The highest BCUT2D eigenvalue weighted by atomic mass is 16.2. The first-order chi connectivity index (χ1) is 14.8. The van der Waals surface area contributed by atoms with Crippen LogP contribution < -0.4 is 10.2 Å². The minimum absolute atomic E-state index is 0.0143. The lowest BCUT2D eigenvalue weighted by Gasteiger charge is -2.18. The summed E-state index contributed by atoms with van der Waals surface area (Å²) in [4.78, 5) is 52.4. The van der Waals surface area contributed by atoms with Crippen molar-refractivity contribution in [1.82, 2.24) is 10.2 Å². The fourth-order valence-electron chi connectivity index (χ4n) is 4.09. The average Bonchev–Trinajstić information content (AvgIpc) is 3.22. The molecule has 1 fully saturated rings. The molecule has 0 spiro atoms. The molecule has 4 rings (SSSR count). The predicted molar refractivity (Wildman–Crippen MR) is 116 cm³/mol. The van der Waals surface area contributed by atoms with Gasteiger partial charge in [0.25, 0.3) is 11.8 Å². The van der Waals surface area contributed by atoms with Crippen LogP contribution in [0.25, 0.3) is 0 Å². The van der Waals surface area contributed by atoms with E-state index < -0.39 is 0 Å². The number of carbonyl (C=O) groups excluding carboxylic acids is 4. The number of hydrogen-bond donors (Lipinski definition) is 1. The molecule has 1 saturated heterocycles. The van der Waals surface area contributed by atoms with Gasteiger partial charge in [-0.1, -0.05) is 18.2 Å². The molecule has 0 aromatic heterocycles. The van der Waals surface area contributed by atoms with Crippen LogP contribution in [0.1, 0.15) is 51.1 Å². The molecule has 2 aliphatic rings. The molecule has 0 unspecified atom stereocenters. The van der Waals surface area contributed by atoms with Crippen LogP contribution in [0, 0.1) is 13.8 Å². The highest BCUT2D eigenvalue weighted by molar-refractivity contribution is 6.21. The fraction of sp³-hybridized carbons (Fsp3) is 0.333. The predicted octanol–water partition coefficient (Wildman–Crippen LogP) is 2.60. The third-order valence-corrected chi connectivity index (χ3v) is 5.96. The number of aryl methyl sites for hydroxylation is 2. The second-order valence-electron chi connectivity index (χ2n) is 8.15. The molecule has 1 N–H and O–H groups in total. The van der Waals surface area contributed by atoms with Gasteiger partial charge in [0.2, 0.25) is 11.8 Å². The fourth-order valence-corrected chi connectivity index (χ4v) is 4.09. The van der Waals surface area contributed by atoms with Gasteiger partial charge < -0.3 is 10.2 Å². The Morgan fingerprint density at radius 2 is 1.68 bits per heavy atom. The van der Waals surface area contributed by atoms with Crippen LogP contribution in [0.15, 0.2) is 42.5 Å². The topological polar surface area (TPSA) is 86.8 Å². The molecule has 7 nitrogen and oxygen atoms in total. The van der Waals surface area contributed by atoms with E-state index in [1.165, 1.54) is 10.5 Å². The normalized spacial score (nSPS) is 18.0. The molecular formula is C24H25N3O4. The van der Waals surface area contributed by atoms with Gasteiger partial charge in [-0.05, 0) is 55.7 Å². The van der Waals surface area contributed by atoms with Gasteiger partial charge >= 0.3 is 0 Å². The van der Waals surface area contributed by atoms with E-state index in [9.17, 15) is 19.2 Å². The van der Waals surface area contributed by atoms with Crippen molar-refractivity contribution in [3.05, 3.63) is 64.7 Å². The van der Waals surface area contributed by atoms with Crippen molar-refractivity contribution in [2.75, 3.05) is 18.0 Å². The zero-order valence-electron chi connectivity index (χ0n) is 17.7. The van der Waals surface area contributed by atoms with Crippen molar-refractivity contribution < 1.29 is 19.2 Å². The summed E-state index contributed by atoms with van der Waals surface area (Å²) < 4.78 is 0. The van der Waals surface area contributed by atoms with E-state index >= 15 is 0 Å². The SMILES string of the molecule is Cc1ccc(N2C[C@H](NC(=O)CCCN3C(=O)c4ccccc4C3=O)CC2=O)cc1C. The number of fused-ring (bicyclic) bond motifs is 1. The minimum Gasteiger partial charge on any atom is -0.351 e. The number of rotatable bonds is 6. The third kappa shape index (κ3) is 4.08. The van der Waals surface area contributed by atoms with Crippen LogP contribution in [0.2, 0.25) is 0 Å². The van der Waals surface area contributed by atoms with Crippen molar-refractivity contribution in [3.8, 4) is 0 Å². The van der Waals surface area contributed by atoms with Crippen LogP contribution in [-0.4, -0.2) is 47.7 Å². The zero-order valence-corrected chi connectivity index (χ0v) is 17.7. The largest absolute Gasteiger partial charge is 0.351 e. The number of imide groups is 1. The van der Waals surface area contributed by atoms with Crippen LogP contribution in [0.5, 0.6) is 0 Å². The van der Waals surface area contributed by atoms with E-state index in [0.717, 1.165) is 11.3 Å². The zero-order chi connectivity index (χ0) is 22.1. The summed E-state index contributed by atoms with van der Waals surface area (Å²) in [5.74, 6) is -0.825. The van der Waals surface area contributed by atoms with Gasteiger partial charge in [0, 0.05) is 31.6 Å². The molecule has 2 aromatic rings. The highest BCUT2D eigenvalue weighted by Gasteiger charge is 2.35. The smallest absolute Gasteiger partial charge is 0.261 e. The Balaban J connectivity index is 1.27. The van der Waals surface area contributed by atoms with Crippen LogP contribution in [0.4, 0.5) is 5.69 Å². The molecule has 0 saturated carbocycles. The number of carbonyl (C=O) groups is 4. The molecule has 0 aliphatic carbocycles. The quantitative estimate of drug-likeness (QED) is 0.729. The molecule has 4 amide bonds. The first-order valence-electron chi connectivity index (χ1n) is 10.5. The maximum absolute atomic E-state index is 12.4. The van der Waals surface area contributed by atoms with E-state index in [1.54, 1.807) is 29.2 Å². The lowest BCUT2D eigenvalue weighted by molar-refractivity contribution is -0.121. The standard InChI is InChI=1S/C24H25N3O4/c1-15-9-10-18(12-16(15)2)27-14-17(13-22(27)29)25-21(28)8-5-11-26-23(30)19-6-3-4-7-20(19)24(26)31/h3-4,6-7,9-10,12,17H,5,8,11,13-14H2,1-2H3,(H,25,28)/t17-/m1/s1. The van der Waals surface area contributed by atoms with Crippen molar-refractivity contribution in [3.63, 3.8) is 0 Å². The van der Waals surface area contributed by atoms with Gasteiger partial charge in [0.1, 0.15) is 0 Å². The summed E-state index contributed by atoms with van der Waals surface area (Å²) in [6.45, 7) is 4.66. The molecular weight excluding hydrogens is 394 g/mol. The van der Waals surface area contributed by atoms with E-state index in [1.807, 2.05) is 32.0 Å². The lowest BCUT2D eigenvalue weighted by Crippen LogP contribution is -2.38. The van der Waals surface area contributed by atoms with Crippen LogP contribution in [0.3, 0.4) is 0 Å². The molecule has 2 aromatic carbocycles. The van der Waals surface area contributed by atoms with Crippen LogP contribution in [-0.2, 0) is 9.59 Å². The Hall–Kier alpha value is -3.48. The highest BCUT2D eigenvalue weighted by Crippen LogP contribution is 2.25. The molecule has 2 aliphatic heterocycles. The Kier molecular flexibility index (Phi) is 5.59. The Bertz CT molecular complexity index is 1040. The molecule has 0 bridgehead atoms. The lowest BCUT2D eigenvalue weighted by atomic mass is 10.1. The summed E-state index contributed by atoms with van der Waals surface area (Å²) in [6, 6.07) is 12.4. The molecule has 2 heterocycles. The number of nitrogens with zero attached hydrogens (tertiary/aromatic N) is 2. The Labute approximate surface area is 181 Å². The van der Waals surface area contributed by atoms with E-state index in [2.05, 4.69) is 5.32 Å². The van der Waals surface area contributed by atoms with Gasteiger partial charge in [0.05, 0.1) is 17.2 Å². The second kappa shape index (κ2) is 8.34. The summed E-state index contributed by atoms with van der Waals surface area (Å²) in [5, 5.41) is 2.91. The molecule has 7 heteroatoms. The first kappa shape index (κ1) is 20.8. The van der Waals surface area contributed by atoms with Gasteiger partial charge in [-0.2, -0.15) is 0 Å². The number of nitrogens with one attached hydrogen (secondary N) is 1. The first-order valence-corrected chi connectivity index (χ1v) is 10.5. The van der Waals surface area contributed by atoms with Crippen molar-refractivity contribution in [1.29, 1.82) is 0 Å². The Morgan fingerprint density at radius 1 is 1.00 bits per heavy atom. The van der Waals surface area contributed by atoms with Gasteiger partial charge in [-0.15, -0.1) is 0 Å². The third-order valence-electron chi connectivity index (χ3n) is 5.96. The molecule has 1 atom stereocenters. The van der Waals surface area contributed by atoms with Gasteiger partial charge in [-0.3, -0.25) is 24.1 Å². The average molecular weight is 419 g/mol. The van der Waals surface area contributed by atoms with Gasteiger partial charge in [-0.25, -0.2) is 0 Å². The molecule has 0 radical (unpaired) electrons. The summed E-state index contributed by atoms with van der Waals surface area (Å²) in [6.07, 6.45) is 0.817. The second-order valence-corrected chi connectivity index (χ2v) is 8.15. The molecule has 160 valence electrons. The molecule has 31 heavy (non-hydrogen) atoms. The summed E-state index contributed by atoms with van der Waals surface area (Å²) in [7, 11) is 0. The van der Waals surface area contributed by atoms with Crippen molar-refractivity contribution in [2.24, 2.45) is 0 Å². The van der Waals surface area contributed by atoms with Crippen molar-refractivity contribution >= 4 is 29.3 Å².